The van der Waals surface area contributed by atoms with Crippen LogP contribution in [0.15, 0.2) is 23.0 Å². The molecule has 0 aliphatic carbocycles. The summed E-state index contributed by atoms with van der Waals surface area (Å²) in [6.07, 6.45) is 0. The van der Waals surface area contributed by atoms with Crippen LogP contribution in [0.1, 0.15) is 10.4 Å². The van der Waals surface area contributed by atoms with Crippen LogP contribution >= 0.6 is 11.3 Å². The lowest BCUT2D eigenvalue weighted by molar-refractivity contribution is 1.49. The summed E-state index contributed by atoms with van der Waals surface area (Å²) >= 11 is 1.25. The number of rotatable bonds is 0. The molecule has 0 aliphatic heterocycles. The number of nitrogens with zero attached hydrogens (tertiary/aromatic N) is 1. The SMILES string of the molecule is Cc1ccc2sc(C#N)c(N)c(=O)c2c1. The summed E-state index contributed by atoms with van der Waals surface area (Å²) in [5.74, 6) is 0. The molecule has 74 valence electrons. The Bertz CT molecular complexity index is 637. The second-order valence-corrected chi connectivity index (χ2v) is 4.34. The predicted octanol–water partition coefficient (Wildman–Crippen LogP) is 2.02. The van der Waals surface area contributed by atoms with E-state index in [1.54, 1.807) is 6.07 Å². The average Bonchev–Trinajstić information content (AvgIpc) is 2.24. The molecule has 0 saturated carbocycles. The second kappa shape index (κ2) is 3.37. The minimum atomic E-state index is -0.246. The topological polar surface area (TPSA) is 66.9 Å². The minimum Gasteiger partial charge on any atom is -0.394 e. The summed E-state index contributed by atoms with van der Waals surface area (Å²) in [6, 6.07) is 7.49. The highest BCUT2D eigenvalue weighted by molar-refractivity contribution is 7.19. The van der Waals surface area contributed by atoms with Crippen LogP contribution in [0.3, 0.4) is 0 Å². The lowest BCUT2D eigenvalue weighted by Crippen LogP contribution is -2.09. The Balaban J connectivity index is 2.99. The zero-order chi connectivity index (χ0) is 11.0. The van der Waals surface area contributed by atoms with Crippen molar-refractivity contribution in [3.63, 3.8) is 0 Å². The Labute approximate surface area is 90.4 Å². The Kier molecular flexibility index (Phi) is 2.18. The average molecular weight is 216 g/mol. The first-order valence-corrected chi connectivity index (χ1v) is 5.18. The molecule has 0 radical (unpaired) electrons. The van der Waals surface area contributed by atoms with Gasteiger partial charge in [0.15, 0.2) is 0 Å². The maximum absolute atomic E-state index is 11.8. The van der Waals surface area contributed by atoms with Gasteiger partial charge in [0, 0.05) is 10.1 Å². The van der Waals surface area contributed by atoms with Crippen LogP contribution < -0.4 is 11.2 Å². The number of hydrogen-bond donors (Lipinski definition) is 1. The maximum Gasteiger partial charge on any atom is 0.212 e. The van der Waals surface area contributed by atoms with Crippen LogP contribution in [0.25, 0.3) is 10.1 Å². The Morgan fingerprint density at radius 3 is 2.87 bits per heavy atom. The van der Waals surface area contributed by atoms with Crippen LogP contribution in [-0.2, 0) is 0 Å². The number of nitrogen functional groups attached to an aromatic ring is 1. The van der Waals surface area contributed by atoms with E-state index in [0.717, 1.165) is 10.3 Å². The van der Waals surface area contributed by atoms with Gasteiger partial charge in [0.2, 0.25) is 5.43 Å². The van der Waals surface area contributed by atoms with Crippen molar-refractivity contribution in [3.8, 4) is 6.07 Å². The molecule has 0 unspecified atom stereocenters. The van der Waals surface area contributed by atoms with Gasteiger partial charge in [0.25, 0.3) is 0 Å². The number of anilines is 1. The predicted molar refractivity (Wildman–Crippen MR) is 62.0 cm³/mol. The zero-order valence-electron chi connectivity index (χ0n) is 8.07. The number of benzene rings is 1. The fourth-order valence-electron chi connectivity index (χ4n) is 1.41. The molecule has 4 heteroatoms. The van der Waals surface area contributed by atoms with Crippen molar-refractivity contribution >= 4 is 27.1 Å². The van der Waals surface area contributed by atoms with Crippen molar-refractivity contribution in [1.82, 2.24) is 0 Å². The van der Waals surface area contributed by atoms with Gasteiger partial charge < -0.3 is 5.73 Å². The first-order valence-electron chi connectivity index (χ1n) is 4.36. The Hall–Kier alpha value is -1.86. The fraction of sp³-hybridized carbons (Fsp3) is 0.0909. The molecule has 2 aromatic rings. The molecule has 0 aliphatic rings. The number of fused-ring (bicyclic) bond motifs is 1. The third-order valence-corrected chi connectivity index (χ3v) is 3.27. The molecule has 2 rings (SSSR count). The van der Waals surface area contributed by atoms with E-state index in [1.807, 2.05) is 25.1 Å². The number of hydrogen-bond acceptors (Lipinski definition) is 4. The molecule has 2 N–H and O–H groups in total. The van der Waals surface area contributed by atoms with Crippen molar-refractivity contribution in [2.24, 2.45) is 0 Å². The molecule has 3 nitrogen and oxygen atoms in total. The van der Waals surface area contributed by atoms with E-state index >= 15 is 0 Å². The number of nitrogens with two attached hydrogens (primary N) is 1. The van der Waals surface area contributed by atoms with Crippen LogP contribution in [0.2, 0.25) is 0 Å². The summed E-state index contributed by atoms with van der Waals surface area (Å²) in [5, 5.41) is 9.39. The van der Waals surface area contributed by atoms with Gasteiger partial charge in [-0.3, -0.25) is 4.79 Å². The molecular formula is C11H8N2OS. The second-order valence-electron chi connectivity index (χ2n) is 3.29. The monoisotopic (exact) mass is 216 g/mol. The van der Waals surface area contributed by atoms with Crippen molar-refractivity contribution in [3.05, 3.63) is 38.9 Å². The smallest absolute Gasteiger partial charge is 0.212 e. The van der Waals surface area contributed by atoms with Crippen molar-refractivity contribution in [2.75, 3.05) is 5.73 Å². The Morgan fingerprint density at radius 2 is 2.20 bits per heavy atom. The molecule has 0 amide bonds. The van der Waals surface area contributed by atoms with Crippen molar-refractivity contribution < 1.29 is 0 Å². The van der Waals surface area contributed by atoms with E-state index in [2.05, 4.69) is 0 Å². The maximum atomic E-state index is 11.8. The van der Waals surface area contributed by atoms with Gasteiger partial charge in [-0.1, -0.05) is 11.6 Å². The minimum absolute atomic E-state index is 0.0561. The van der Waals surface area contributed by atoms with Crippen molar-refractivity contribution in [1.29, 1.82) is 5.26 Å². The van der Waals surface area contributed by atoms with Crippen LogP contribution in [0, 0.1) is 18.3 Å². The van der Waals surface area contributed by atoms with E-state index in [4.69, 9.17) is 11.0 Å². The number of nitriles is 1. The molecule has 0 atom stereocenters. The van der Waals surface area contributed by atoms with Gasteiger partial charge in [0.05, 0.1) is 0 Å². The fourth-order valence-corrected chi connectivity index (χ4v) is 2.27. The third kappa shape index (κ3) is 1.47. The van der Waals surface area contributed by atoms with Gasteiger partial charge in [-0.15, -0.1) is 11.3 Å². The summed E-state index contributed by atoms with van der Waals surface area (Å²) in [4.78, 5) is 12.1. The van der Waals surface area contributed by atoms with E-state index in [-0.39, 0.29) is 16.0 Å². The van der Waals surface area contributed by atoms with Gasteiger partial charge in [-0.2, -0.15) is 5.26 Å². The molecule has 0 bridgehead atoms. The largest absolute Gasteiger partial charge is 0.394 e. The zero-order valence-corrected chi connectivity index (χ0v) is 8.89. The highest BCUT2D eigenvalue weighted by Crippen LogP contribution is 2.23. The summed E-state index contributed by atoms with van der Waals surface area (Å²) in [6.45, 7) is 1.91. The standard InChI is InChI=1S/C11H8N2OS/c1-6-2-3-8-7(4-6)11(14)10(13)9(5-12)15-8/h2-4H,13H2,1H3. The van der Waals surface area contributed by atoms with E-state index < -0.39 is 0 Å². The number of aryl methyl sites for hydroxylation is 1. The highest BCUT2D eigenvalue weighted by atomic mass is 32.1. The van der Waals surface area contributed by atoms with Gasteiger partial charge in [-0.05, 0) is 19.1 Å². The highest BCUT2D eigenvalue weighted by Gasteiger charge is 2.08. The first-order chi connectivity index (χ1) is 7.13. The van der Waals surface area contributed by atoms with Crippen LogP contribution in [-0.4, -0.2) is 0 Å². The molecule has 15 heavy (non-hydrogen) atoms. The third-order valence-electron chi connectivity index (χ3n) is 2.18. The summed E-state index contributed by atoms with van der Waals surface area (Å²) in [5.41, 5.74) is 6.40. The summed E-state index contributed by atoms with van der Waals surface area (Å²) < 4.78 is 0.802. The molecule has 0 saturated heterocycles. The molecule has 1 heterocycles. The van der Waals surface area contributed by atoms with E-state index in [0.29, 0.717) is 5.39 Å². The van der Waals surface area contributed by atoms with Gasteiger partial charge in [0.1, 0.15) is 16.6 Å². The van der Waals surface area contributed by atoms with Crippen LogP contribution in [0.5, 0.6) is 0 Å². The lowest BCUT2D eigenvalue weighted by Gasteiger charge is -2.00. The molecule has 0 spiro atoms. The van der Waals surface area contributed by atoms with Gasteiger partial charge >= 0.3 is 0 Å². The molecule has 1 aromatic carbocycles. The summed E-state index contributed by atoms with van der Waals surface area (Å²) in [7, 11) is 0. The molecule has 1 aromatic heterocycles. The van der Waals surface area contributed by atoms with E-state index in [1.165, 1.54) is 11.3 Å². The molecular weight excluding hydrogens is 208 g/mol. The van der Waals surface area contributed by atoms with Gasteiger partial charge in [-0.25, -0.2) is 0 Å². The first kappa shape index (κ1) is 9.69. The lowest BCUT2D eigenvalue weighted by atomic mass is 10.1. The van der Waals surface area contributed by atoms with E-state index in [9.17, 15) is 4.79 Å². The van der Waals surface area contributed by atoms with Crippen molar-refractivity contribution in [2.45, 2.75) is 6.92 Å². The quantitative estimate of drug-likeness (QED) is 0.732. The normalized spacial score (nSPS) is 10.1. The Morgan fingerprint density at radius 1 is 1.47 bits per heavy atom. The molecule has 0 fully saturated rings. The van der Waals surface area contributed by atoms with Crippen LogP contribution in [0.4, 0.5) is 5.69 Å².